The molecule has 3 rings (SSSR count). The van der Waals surface area contributed by atoms with Crippen molar-refractivity contribution < 1.29 is 19.4 Å². The third-order valence-corrected chi connectivity index (χ3v) is 5.60. The maximum atomic E-state index is 12.7. The molecule has 2 aliphatic heterocycles. The van der Waals surface area contributed by atoms with E-state index in [-0.39, 0.29) is 30.7 Å². The second-order valence-corrected chi connectivity index (χ2v) is 7.43. The van der Waals surface area contributed by atoms with E-state index in [1.54, 1.807) is 0 Å². The Balaban J connectivity index is 1.68. The van der Waals surface area contributed by atoms with E-state index in [0.717, 1.165) is 19.3 Å². The van der Waals surface area contributed by atoms with E-state index in [1.165, 1.54) is 6.42 Å². The fourth-order valence-corrected chi connectivity index (χ4v) is 4.66. The molecular weight excluding hydrogens is 296 g/mol. The van der Waals surface area contributed by atoms with Crippen LogP contribution in [0.15, 0.2) is 0 Å². The molecule has 6 heteroatoms. The normalized spacial score (nSPS) is 38.3. The van der Waals surface area contributed by atoms with Crippen LogP contribution in [0.25, 0.3) is 0 Å². The van der Waals surface area contributed by atoms with Crippen LogP contribution in [0.3, 0.4) is 0 Å². The first-order valence-corrected chi connectivity index (χ1v) is 8.87. The monoisotopic (exact) mass is 324 g/mol. The summed E-state index contributed by atoms with van der Waals surface area (Å²) in [6.45, 7) is 5.38. The number of fused-ring (bicyclic) bond motifs is 1. The van der Waals surface area contributed by atoms with E-state index in [2.05, 4.69) is 0 Å². The lowest BCUT2D eigenvalue weighted by Crippen LogP contribution is -2.53. The minimum atomic E-state index is -0.782. The summed E-state index contributed by atoms with van der Waals surface area (Å²) in [7, 11) is 0. The van der Waals surface area contributed by atoms with Crippen molar-refractivity contribution >= 4 is 11.9 Å². The zero-order valence-corrected chi connectivity index (χ0v) is 14.1. The Hall–Kier alpha value is -1.14. The Labute approximate surface area is 137 Å². The molecule has 0 aromatic heterocycles. The highest BCUT2D eigenvalue weighted by Crippen LogP contribution is 2.39. The lowest BCUT2D eigenvalue weighted by atomic mass is 9.85. The number of carboxylic acid groups (broad SMARTS) is 1. The molecule has 130 valence electrons. The molecule has 6 nitrogen and oxygen atoms in total. The number of morpholine rings is 1. The van der Waals surface area contributed by atoms with Gasteiger partial charge in [-0.1, -0.05) is 12.8 Å². The van der Waals surface area contributed by atoms with Crippen LogP contribution in [0.2, 0.25) is 0 Å². The predicted octanol–water partition coefficient (Wildman–Crippen LogP) is 1.34. The fourth-order valence-electron chi connectivity index (χ4n) is 4.66. The van der Waals surface area contributed by atoms with Crippen molar-refractivity contribution in [3.63, 3.8) is 0 Å². The molecule has 0 bridgehead atoms. The summed E-state index contributed by atoms with van der Waals surface area (Å²) < 4.78 is 5.68. The van der Waals surface area contributed by atoms with Crippen LogP contribution in [-0.4, -0.2) is 70.7 Å². The van der Waals surface area contributed by atoms with Crippen molar-refractivity contribution in [1.29, 1.82) is 0 Å². The predicted molar refractivity (Wildman–Crippen MR) is 85.1 cm³/mol. The van der Waals surface area contributed by atoms with Gasteiger partial charge in [0.1, 0.15) is 6.04 Å². The Morgan fingerprint density at radius 3 is 2.43 bits per heavy atom. The third kappa shape index (κ3) is 3.53. The largest absolute Gasteiger partial charge is 0.480 e. The minimum Gasteiger partial charge on any atom is -0.480 e. The van der Waals surface area contributed by atoms with Gasteiger partial charge in [-0.2, -0.15) is 0 Å². The summed E-state index contributed by atoms with van der Waals surface area (Å²) in [5.41, 5.74) is 0. The maximum Gasteiger partial charge on any atom is 0.320 e. The van der Waals surface area contributed by atoms with Crippen LogP contribution >= 0.6 is 0 Å². The Bertz CT molecular complexity index is 460. The van der Waals surface area contributed by atoms with Gasteiger partial charge in [-0.15, -0.1) is 0 Å². The highest BCUT2D eigenvalue weighted by Gasteiger charge is 2.46. The number of nitrogens with zero attached hydrogens (tertiary/aromatic N) is 2. The highest BCUT2D eigenvalue weighted by atomic mass is 16.5. The zero-order valence-electron chi connectivity index (χ0n) is 14.1. The number of ether oxygens (including phenoxy) is 1. The summed E-state index contributed by atoms with van der Waals surface area (Å²) in [5, 5.41) is 9.55. The van der Waals surface area contributed by atoms with Gasteiger partial charge in [-0.25, -0.2) is 0 Å². The summed E-state index contributed by atoms with van der Waals surface area (Å²) in [6, 6.07) is -0.229. The average molecular weight is 324 g/mol. The van der Waals surface area contributed by atoms with Crippen molar-refractivity contribution in [3.8, 4) is 0 Å². The van der Waals surface area contributed by atoms with E-state index in [0.29, 0.717) is 25.4 Å². The number of rotatable bonds is 3. The SMILES string of the molecule is C[C@@H]1CN(C(=O)CN2[C@@H]3CCCC[C@H]3C[C@H]2C(=O)O)C[C@H](C)O1. The fraction of sp³-hybridized carbons (Fsp3) is 0.882. The minimum absolute atomic E-state index is 0.0407. The number of likely N-dealkylation sites (tertiary alicyclic amines) is 1. The molecule has 0 radical (unpaired) electrons. The first kappa shape index (κ1) is 16.7. The molecular formula is C17H28N2O4. The van der Waals surface area contributed by atoms with Gasteiger partial charge in [0, 0.05) is 19.1 Å². The van der Waals surface area contributed by atoms with E-state index < -0.39 is 12.0 Å². The summed E-state index contributed by atoms with van der Waals surface area (Å²) >= 11 is 0. The topological polar surface area (TPSA) is 70.1 Å². The molecule has 2 saturated heterocycles. The van der Waals surface area contributed by atoms with Gasteiger partial charge in [0.15, 0.2) is 0 Å². The molecule has 5 atom stereocenters. The van der Waals surface area contributed by atoms with Crippen molar-refractivity contribution in [2.45, 2.75) is 70.2 Å². The van der Waals surface area contributed by atoms with Crippen molar-refractivity contribution in [2.24, 2.45) is 5.92 Å². The standard InChI is InChI=1S/C17H28N2O4/c1-11-8-18(9-12(2)23-11)16(20)10-19-14-6-4-3-5-13(14)7-15(19)17(21)22/h11-15H,3-10H2,1-2H3,(H,21,22)/t11-,12+,13-,14+,15-/m0/s1. The van der Waals surface area contributed by atoms with Gasteiger partial charge in [0.2, 0.25) is 5.91 Å². The molecule has 0 aromatic carbocycles. The first-order chi connectivity index (χ1) is 11.0. The average Bonchev–Trinajstić information content (AvgIpc) is 2.85. The number of hydrogen-bond acceptors (Lipinski definition) is 4. The van der Waals surface area contributed by atoms with E-state index in [9.17, 15) is 14.7 Å². The number of hydrogen-bond donors (Lipinski definition) is 1. The number of amides is 1. The van der Waals surface area contributed by atoms with Crippen LogP contribution in [-0.2, 0) is 14.3 Å². The molecule has 1 N–H and O–H groups in total. The molecule has 0 spiro atoms. The van der Waals surface area contributed by atoms with Gasteiger partial charge in [-0.3, -0.25) is 14.5 Å². The second kappa shape index (κ2) is 6.77. The summed E-state index contributed by atoms with van der Waals surface area (Å²) in [4.78, 5) is 28.2. The Morgan fingerprint density at radius 2 is 1.78 bits per heavy atom. The van der Waals surface area contributed by atoms with Gasteiger partial charge in [0.25, 0.3) is 0 Å². The summed E-state index contributed by atoms with van der Waals surface area (Å²) in [5.74, 6) is -0.291. The van der Waals surface area contributed by atoms with Gasteiger partial charge < -0.3 is 14.7 Å². The lowest BCUT2D eigenvalue weighted by molar-refractivity contribution is -0.148. The van der Waals surface area contributed by atoms with Crippen LogP contribution in [0.4, 0.5) is 0 Å². The van der Waals surface area contributed by atoms with Crippen LogP contribution in [0.5, 0.6) is 0 Å². The summed E-state index contributed by atoms with van der Waals surface area (Å²) in [6.07, 6.45) is 5.24. The number of carboxylic acids is 1. The van der Waals surface area contributed by atoms with E-state index in [1.807, 2.05) is 23.6 Å². The van der Waals surface area contributed by atoms with Crippen LogP contribution < -0.4 is 0 Å². The highest BCUT2D eigenvalue weighted by molar-refractivity contribution is 5.80. The van der Waals surface area contributed by atoms with Gasteiger partial charge in [0.05, 0.1) is 18.8 Å². The van der Waals surface area contributed by atoms with Crippen LogP contribution in [0, 0.1) is 5.92 Å². The van der Waals surface area contributed by atoms with E-state index >= 15 is 0 Å². The van der Waals surface area contributed by atoms with Crippen molar-refractivity contribution in [3.05, 3.63) is 0 Å². The first-order valence-electron chi connectivity index (χ1n) is 8.87. The van der Waals surface area contributed by atoms with Gasteiger partial charge in [-0.05, 0) is 39.0 Å². The number of carbonyl (C=O) groups excluding carboxylic acids is 1. The number of aliphatic carboxylic acids is 1. The molecule has 1 amide bonds. The third-order valence-electron chi connectivity index (χ3n) is 5.60. The smallest absolute Gasteiger partial charge is 0.320 e. The molecule has 3 aliphatic rings. The molecule has 23 heavy (non-hydrogen) atoms. The van der Waals surface area contributed by atoms with Crippen LogP contribution in [0.1, 0.15) is 46.0 Å². The second-order valence-electron chi connectivity index (χ2n) is 7.43. The molecule has 0 unspecified atom stereocenters. The number of carbonyl (C=O) groups is 2. The quantitative estimate of drug-likeness (QED) is 0.848. The van der Waals surface area contributed by atoms with Crippen molar-refractivity contribution in [1.82, 2.24) is 9.80 Å². The maximum absolute atomic E-state index is 12.7. The molecule has 1 aliphatic carbocycles. The van der Waals surface area contributed by atoms with Crippen molar-refractivity contribution in [2.75, 3.05) is 19.6 Å². The molecule has 2 heterocycles. The molecule has 3 fully saturated rings. The zero-order chi connectivity index (χ0) is 16.6. The van der Waals surface area contributed by atoms with Gasteiger partial charge >= 0.3 is 5.97 Å². The lowest BCUT2D eigenvalue weighted by Gasteiger charge is -2.38. The Morgan fingerprint density at radius 1 is 1.13 bits per heavy atom. The molecule has 0 aromatic rings. The van der Waals surface area contributed by atoms with E-state index in [4.69, 9.17) is 4.74 Å². The molecule has 1 saturated carbocycles. The Kier molecular flexibility index (Phi) is 4.92.